The summed E-state index contributed by atoms with van der Waals surface area (Å²) in [5.74, 6) is 2.09. The fraction of sp³-hybridized carbons (Fsp3) is 0.667. The van der Waals surface area contributed by atoms with Gasteiger partial charge in [-0.15, -0.1) is 0 Å². The summed E-state index contributed by atoms with van der Waals surface area (Å²) in [5.41, 5.74) is 5.76. The van der Waals surface area contributed by atoms with Gasteiger partial charge in [0.1, 0.15) is 17.5 Å². The molecule has 1 atom stereocenters. The first-order valence-corrected chi connectivity index (χ1v) is 6.08. The van der Waals surface area contributed by atoms with Gasteiger partial charge in [0.15, 0.2) is 0 Å². The van der Waals surface area contributed by atoms with Crippen LogP contribution >= 0.6 is 0 Å². The quantitative estimate of drug-likeness (QED) is 0.758. The molecule has 0 saturated carbocycles. The molecular formula is C12H22N4O. The molecule has 0 saturated heterocycles. The zero-order chi connectivity index (χ0) is 12.7. The van der Waals surface area contributed by atoms with E-state index in [9.17, 15) is 0 Å². The summed E-state index contributed by atoms with van der Waals surface area (Å²) in [6.45, 7) is 4.86. The Morgan fingerprint density at radius 2 is 2.18 bits per heavy atom. The van der Waals surface area contributed by atoms with Gasteiger partial charge in [-0.25, -0.2) is 9.97 Å². The van der Waals surface area contributed by atoms with E-state index in [1.165, 1.54) is 0 Å². The molecule has 5 nitrogen and oxygen atoms in total. The first-order valence-electron chi connectivity index (χ1n) is 6.08. The monoisotopic (exact) mass is 238 g/mol. The summed E-state index contributed by atoms with van der Waals surface area (Å²) in [7, 11) is 1.70. The van der Waals surface area contributed by atoms with E-state index < -0.39 is 0 Å². The van der Waals surface area contributed by atoms with Crippen molar-refractivity contribution in [3.05, 3.63) is 11.9 Å². The first-order chi connectivity index (χ1) is 8.19. The molecule has 17 heavy (non-hydrogen) atoms. The third-order valence-corrected chi connectivity index (χ3v) is 2.48. The first kappa shape index (κ1) is 13.7. The van der Waals surface area contributed by atoms with Crippen molar-refractivity contribution in [3.8, 4) is 0 Å². The van der Waals surface area contributed by atoms with Crippen LogP contribution in [-0.4, -0.2) is 29.7 Å². The third-order valence-electron chi connectivity index (χ3n) is 2.48. The minimum absolute atomic E-state index is 0.253. The average Bonchev–Trinajstić information content (AvgIpc) is 2.28. The van der Waals surface area contributed by atoms with Gasteiger partial charge in [-0.1, -0.05) is 13.8 Å². The lowest BCUT2D eigenvalue weighted by molar-refractivity contribution is 0.184. The molecule has 1 unspecified atom stereocenters. The second-order valence-electron chi connectivity index (χ2n) is 4.05. The number of nitrogens with one attached hydrogen (secondary N) is 1. The lowest BCUT2D eigenvalue weighted by Gasteiger charge is -2.17. The van der Waals surface area contributed by atoms with Crippen LogP contribution in [0, 0.1) is 0 Å². The number of nitrogen functional groups attached to an aromatic ring is 1. The van der Waals surface area contributed by atoms with E-state index in [1.54, 1.807) is 13.2 Å². The van der Waals surface area contributed by atoms with Gasteiger partial charge in [0.2, 0.25) is 0 Å². The molecule has 0 bridgehead atoms. The van der Waals surface area contributed by atoms with Crippen LogP contribution in [0.2, 0.25) is 0 Å². The van der Waals surface area contributed by atoms with Gasteiger partial charge in [-0.05, 0) is 12.8 Å². The van der Waals surface area contributed by atoms with E-state index >= 15 is 0 Å². The van der Waals surface area contributed by atoms with E-state index in [1.807, 2.05) is 0 Å². The van der Waals surface area contributed by atoms with Gasteiger partial charge < -0.3 is 15.8 Å². The van der Waals surface area contributed by atoms with E-state index in [0.29, 0.717) is 12.4 Å². The number of hydrogen-bond acceptors (Lipinski definition) is 5. The zero-order valence-electron chi connectivity index (χ0n) is 10.9. The number of aryl methyl sites for hydroxylation is 1. The van der Waals surface area contributed by atoms with Gasteiger partial charge in [0, 0.05) is 19.6 Å². The normalized spacial score (nSPS) is 12.4. The Kier molecular flexibility index (Phi) is 5.69. The number of anilines is 2. The lowest BCUT2D eigenvalue weighted by atomic mass is 10.2. The Morgan fingerprint density at radius 1 is 1.41 bits per heavy atom. The standard InChI is InChI=1S/C12H22N4O/c1-4-6-11-15-10(13)7-12(16-11)14-9(5-2)8-17-3/h7,9H,4-6,8H2,1-3H3,(H3,13,14,15,16). The largest absolute Gasteiger partial charge is 0.384 e. The zero-order valence-corrected chi connectivity index (χ0v) is 10.9. The molecule has 5 heteroatoms. The van der Waals surface area contributed by atoms with Crippen LogP contribution in [0.3, 0.4) is 0 Å². The molecule has 1 aromatic heterocycles. The molecule has 0 amide bonds. The Labute approximate surface area is 103 Å². The van der Waals surface area contributed by atoms with E-state index in [-0.39, 0.29) is 6.04 Å². The Morgan fingerprint density at radius 3 is 2.76 bits per heavy atom. The van der Waals surface area contributed by atoms with Crippen molar-refractivity contribution in [2.75, 3.05) is 24.8 Å². The molecule has 0 radical (unpaired) electrons. The summed E-state index contributed by atoms with van der Waals surface area (Å²) in [4.78, 5) is 8.63. The minimum atomic E-state index is 0.253. The molecule has 96 valence electrons. The van der Waals surface area contributed by atoms with E-state index in [4.69, 9.17) is 10.5 Å². The Bertz CT molecular complexity index is 343. The van der Waals surface area contributed by atoms with Crippen LogP contribution in [-0.2, 0) is 11.2 Å². The highest BCUT2D eigenvalue weighted by atomic mass is 16.5. The third kappa shape index (κ3) is 4.56. The van der Waals surface area contributed by atoms with Crippen molar-refractivity contribution in [1.29, 1.82) is 0 Å². The number of aromatic nitrogens is 2. The number of rotatable bonds is 7. The van der Waals surface area contributed by atoms with Gasteiger partial charge in [0.05, 0.1) is 12.6 Å². The van der Waals surface area contributed by atoms with Crippen LogP contribution in [0.5, 0.6) is 0 Å². The molecule has 0 fully saturated rings. The van der Waals surface area contributed by atoms with Crippen molar-refractivity contribution < 1.29 is 4.74 Å². The Balaban J connectivity index is 2.75. The predicted octanol–water partition coefficient (Wildman–Crippen LogP) is 1.85. The average molecular weight is 238 g/mol. The highest BCUT2D eigenvalue weighted by molar-refractivity contribution is 5.45. The maximum atomic E-state index is 5.76. The van der Waals surface area contributed by atoms with Crippen molar-refractivity contribution in [1.82, 2.24) is 9.97 Å². The topological polar surface area (TPSA) is 73.1 Å². The number of ether oxygens (including phenoxy) is 1. The smallest absolute Gasteiger partial charge is 0.133 e. The van der Waals surface area contributed by atoms with Crippen LogP contribution in [0.25, 0.3) is 0 Å². The highest BCUT2D eigenvalue weighted by Crippen LogP contribution is 2.12. The second-order valence-corrected chi connectivity index (χ2v) is 4.05. The van der Waals surface area contributed by atoms with Crippen molar-refractivity contribution in [2.24, 2.45) is 0 Å². The lowest BCUT2D eigenvalue weighted by Crippen LogP contribution is -2.24. The Hall–Kier alpha value is -1.36. The predicted molar refractivity (Wildman–Crippen MR) is 70.0 cm³/mol. The van der Waals surface area contributed by atoms with E-state index in [2.05, 4.69) is 29.1 Å². The van der Waals surface area contributed by atoms with Gasteiger partial charge >= 0.3 is 0 Å². The van der Waals surface area contributed by atoms with Gasteiger partial charge in [-0.2, -0.15) is 0 Å². The second kappa shape index (κ2) is 7.06. The molecule has 1 heterocycles. The summed E-state index contributed by atoms with van der Waals surface area (Å²) >= 11 is 0. The van der Waals surface area contributed by atoms with Crippen LogP contribution in [0.4, 0.5) is 11.6 Å². The number of nitrogens with two attached hydrogens (primary N) is 1. The fourth-order valence-corrected chi connectivity index (χ4v) is 1.60. The van der Waals surface area contributed by atoms with Crippen LogP contribution < -0.4 is 11.1 Å². The number of hydrogen-bond donors (Lipinski definition) is 2. The number of nitrogens with zero attached hydrogens (tertiary/aromatic N) is 2. The van der Waals surface area contributed by atoms with Crippen molar-refractivity contribution in [3.63, 3.8) is 0 Å². The molecule has 0 aliphatic rings. The summed E-state index contributed by atoms with van der Waals surface area (Å²) in [5, 5.41) is 3.31. The minimum Gasteiger partial charge on any atom is -0.384 e. The molecule has 3 N–H and O–H groups in total. The molecular weight excluding hydrogens is 216 g/mol. The molecule has 1 aromatic rings. The molecule has 0 aromatic carbocycles. The fourth-order valence-electron chi connectivity index (χ4n) is 1.60. The molecule has 1 rings (SSSR count). The molecule has 0 aliphatic carbocycles. The van der Waals surface area contributed by atoms with Gasteiger partial charge in [0.25, 0.3) is 0 Å². The summed E-state index contributed by atoms with van der Waals surface area (Å²) in [6.07, 6.45) is 2.83. The van der Waals surface area contributed by atoms with Crippen LogP contribution in [0.1, 0.15) is 32.5 Å². The van der Waals surface area contributed by atoms with E-state index in [0.717, 1.165) is 30.9 Å². The molecule has 0 spiro atoms. The maximum absolute atomic E-state index is 5.76. The summed E-state index contributed by atoms with van der Waals surface area (Å²) in [6, 6.07) is 2.01. The number of methoxy groups -OCH3 is 1. The summed E-state index contributed by atoms with van der Waals surface area (Å²) < 4.78 is 5.14. The molecule has 0 aliphatic heterocycles. The van der Waals surface area contributed by atoms with Gasteiger partial charge in [-0.3, -0.25) is 0 Å². The van der Waals surface area contributed by atoms with Crippen molar-refractivity contribution in [2.45, 2.75) is 39.2 Å². The maximum Gasteiger partial charge on any atom is 0.133 e. The SMILES string of the molecule is CCCc1nc(N)cc(NC(CC)COC)n1. The van der Waals surface area contributed by atoms with Crippen LogP contribution in [0.15, 0.2) is 6.07 Å². The highest BCUT2D eigenvalue weighted by Gasteiger charge is 2.08. The van der Waals surface area contributed by atoms with Crippen molar-refractivity contribution >= 4 is 11.6 Å².